The van der Waals surface area contributed by atoms with Gasteiger partial charge in [-0.2, -0.15) is 5.10 Å². The summed E-state index contributed by atoms with van der Waals surface area (Å²) in [5, 5.41) is 7.07. The number of nitrogens with one attached hydrogen (secondary N) is 2. The molecule has 3 rings (SSSR count). The molecule has 6 nitrogen and oxygen atoms in total. The van der Waals surface area contributed by atoms with Gasteiger partial charge < -0.3 is 14.8 Å². The molecule has 0 radical (unpaired) electrons. The minimum atomic E-state index is -0.254. The smallest absolute Gasteiger partial charge is 0.259 e. The normalized spacial score (nSPS) is 10.6. The van der Waals surface area contributed by atoms with E-state index in [-0.39, 0.29) is 12.5 Å². The maximum absolute atomic E-state index is 12.0. The van der Waals surface area contributed by atoms with Crippen molar-refractivity contribution in [2.75, 3.05) is 19.0 Å². The number of rotatable bonds is 9. The number of ether oxygens (including phenoxy) is 2. The summed E-state index contributed by atoms with van der Waals surface area (Å²) in [7, 11) is 1.61. The average Bonchev–Trinajstić information content (AvgIpc) is 2.78. The van der Waals surface area contributed by atoms with Gasteiger partial charge in [-0.3, -0.25) is 4.79 Å². The van der Waals surface area contributed by atoms with Gasteiger partial charge in [0.05, 0.1) is 19.9 Å². The van der Waals surface area contributed by atoms with E-state index in [4.69, 9.17) is 9.47 Å². The molecule has 0 saturated heterocycles. The fourth-order valence-electron chi connectivity index (χ4n) is 2.56. The predicted octanol–water partition coefficient (Wildman–Crippen LogP) is 4.60. The lowest BCUT2D eigenvalue weighted by molar-refractivity contribution is -0.119. The molecule has 2 N–H and O–H groups in total. The molecule has 154 valence electrons. The van der Waals surface area contributed by atoms with Crippen LogP contribution in [0.15, 0.2) is 82.4 Å². The second kappa shape index (κ2) is 11.0. The van der Waals surface area contributed by atoms with E-state index in [0.29, 0.717) is 12.4 Å². The Kier molecular flexibility index (Phi) is 7.86. The summed E-state index contributed by atoms with van der Waals surface area (Å²) in [4.78, 5) is 12.0. The van der Waals surface area contributed by atoms with E-state index in [1.807, 2.05) is 72.8 Å². The third kappa shape index (κ3) is 6.63. The monoisotopic (exact) mass is 467 g/mol. The zero-order valence-corrected chi connectivity index (χ0v) is 18.1. The minimum Gasteiger partial charge on any atom is -0.497 e. The van der Waals surface area contributed by atoms with Gasteiger partial charge in [0.1, 0.15) is 18.1 Å². The van der Waals surface area contributed by atoms with Gasteiger partial charge >= 0.3 is 0 Å². The van der Waals surface area contributed by atoms with E-state index >= 15 is 0 Å². The van der Waals surface area contributed by atoms with Crippen LogP contribution in [-0.4, -0.2) is 25.8 Å². The molecular weight excluding hydrogens is 446 g/mol. The van der Waals surface area contributed by atoms with Crippen molar-refractivity contribution in [3.8, 4) is 11.5 Å². The molecule has 0 aliphatic heterocycles. The number of carbonyl (C=O) groups excluding carboxylic acids is 1. The van der Waals surface area contributed by atoms with Crippen LogP contribution in [0.5, 0.6) is 11.5 Å². The van der Waals surface area contributed by atoms with Crippen LogP contribution in [0, 0.1) is 0 Å². The van der Waals surface area contributed by atoms with Crippen molar-refractivity contribution in [3.05, 3.63) is 88.4 Å². The zero-order valence-electron chi connectivity index (χ0n) is 16.5. The van der Waals surface area contributed by atoms with Crippen LogP contribution in [0.1, 0.15) is 11.1 Å². The van der Waals surface area contributed by atoms with E-state index in [9.17, 15) is 4.79 Å². The van der Waals surface area contributed by atoms with E-state index in [2.05, 4.69) is 31.8 Å². The number of nitrogens with zero attached hydrogens (tertiary/aromatic N) is 1. The number of amides is 1. The van der Waals surface area contributed by atoms with Gasteiger partial charge in [-0.15, -0.1) is 0 Å². The number of anilines is 1. The first-order valence-corrected chi connectivity index (χ1v) is 10.1. The number of halogens is 1. The van der Waals surface area contributed by atoms with Crippen LogP contribution in [-0.2, 0) is 11.4 Å². The first kappa shape index (κ1) is 21.4. The third-order valence-corrected chi connectivity index (χ3v) is 4.69. The summed E-state index contributed by atoms with van der Waals surface area (Å²) in [5.41, 5.74) is 5.17. The zero-order chi connectivity index (χ0) is 21.2. The quantitative estimate of drug-likeness (QED) is 0.356. The van der Waals surface area contributed by atoms with Crippen molar-refractivity contribution in [2.45, 2.75) is 6.61 Å². The van der Waals surface area contributed by atoms with Crippen molar-refractivity contribution in [2.24, 2.45) is 5.10 Å². The van der Waals surface area contributed by atoms with Crippen molar-refractivity contribution >= 4 is 33.7 Å². The fourth-order valence-corrected chi connectivity index (χ4v) is 2.83. The van der Waals surface area contributed by atoms with Crippen LogP contribution in [0.2, 0.25) is 0 Å². The first-order chi connectivity index (χ1) is 14.6. The van der Waals surface area contributed by atoms with Gasteiger partial charge in [-0.25, -0.2) is 5.43 Å². The summed E-state index contributed by atoms with van der Waals surface area (Å²) < 4.78 is 12.0. The topological polar surface area (TPSA) is 72.0 Å². The number of hydrogen-bond acceptors (Lipinski definition) is 5. The Morgan fingerprint density at radius 3 is 2.50 bits per heavy atom. The van der Waals surface area contributed by atoms with Crippen LogP contribution in [0.3, 0.4) is 0 Å². The molecule has 30 heavy (non-hydrogen) atoms. The lowest BCUT2D eigenvalue weighted by Gasteiger charge is -2.09. The highest BCUT2D eigenvalue weighted by molar-refractivity contribution is 9.10. The molecule has 0 atom stereocenters. The van der Waals surface area contributed by atoms with Crippen LogP contribution in [0.25, 0.3) is 0 Å². The lowest BCUT2D eigenvalue weighted by Crippen LogP contribution is -2.25. The Morgan fingerprint density at radius 1 is 1.03 bits per heavy atom. The van der Waals surface area contributed by atoms with Crippen LogP contribution < -0.4 is 20.2 Å². The number of methoxy groups -OCH3 is 1. The van der Waals surface area contributed by atoms with E-state index in [1.165, 1.54) is 0 Å². The molecule has 0 unspecified atom stereocenters. The maximum Gasteiger partial charge on any atom is 0.259 e. The van der Waals surface area contributed by atoms with E-state index in [0.717, 1.165) is 27.0 Å². The summed E-state index contributed by atoms with van der Waals surface area (Å²) in [6.45, 7) is 0.543. The second-order valence-corrected chi connectivity index (χ2v) is 7.24. The Balaban J connectivity index is 1.50. The molecule has 0 aromatic heterocycles. The summed E-state index contributed by atoms with van der Waals surface area (Å²) >= 11 is 3.42. The third-order valence-electron chi connectivity index (χ3n) is 4.16. The molecule has 0 spiro atoms. The number of para-hydroxylation sites is 1. The SMILES string of the molecule is COc1ccc(NCC(=O)N/N=C/c2ccccc2OCc2ccc(Br)cc2)cc1. The van der Waals surface area contributed by atoms with E-state index in [1.54, 1.807) is 13.3 Å². The molecule has 7 heteroatoms. The number of hydrazone groups is 1. The molecule has 0 saturated carbocycles. The highest BCUT2D eigenvalue weighted by Gasteiger charge is 2.03. The van der Waals surface area contributed by atoms with Gasteiger partial charge in [0.15, 0.2) is 0 Å². The predicted molar refractivity (Wildman–Crippen MR) is 122 cm³/mol. The Labute approximate surface area is 184 Å². The van der Waals surface area contributed by atoms with Gasteiger partial charge in [0.2, 0.25) is 0 Å². The lowest BCUT2D eigenvalue weighted by atomic mass is 10.2. The second-order valence-electron chi connectivity index (χ2n) is 6.33. The summed E-state index contributed by atoms with van der Waals surface area (Å²) in [5.74, 6) is 1.20. The first-order valence-electron chi connectivity index (χ1n) is 9.30. The molecule has 1 amide bonds. The molecule has 0 fully saturated rings. The molecule has 0 heterocycles. The molecule has 3 aromatic carbocycles. The van der Waals surface area contributed by atoms with Gasteiger partial charge in [0, 0.05) is 15.7 Å². The highest BCUT2D eigenvalue weighted by atomic mass is 79.9. The largest absolute Gasteiger partial charge is 0.497 e. The molecule has 0 bridgehead atoms. The Bertz CT molecular complexity index is 989. The van der Waals surface area contributed by atoms with Crippen LogP contribution in [0.4, 0.5) is 5.69 Å². The standard InChI is InChI=1S/C23H22BrN3O3/c1-29-21-12-10-20(11-13-21)25-15-23(28)27-26-14-18-4-2-3-5-22(18)30-16-17-6-8-19(24)9-7-17/h2-14,25H,15-16H2,1H3,(H,27,28)/b26-14+. The van der Waals surface area contributed by atoms with Crippen molar-refractivity contribution in [3.63, 3.8) is 0 Å². The van der Waals surface area contributed by atoms with Gasteiger partial charge in [-0.05, 0) is 54.1 Å². The molecular formula is C23H22BrN3O3. The van der Waals surface area contributed by atoms with Gasteiger partial charge in [-0.1, -0.05) is 40.2 Å². The molecule has 0 aliphatic carbocycles. The van der Waals surface area contributed by atoms with Gasteiger partial charge in [0.25, 0.3) is 5.91 Å². The van der Waals surface area contributed by atoms with Crippen LogP contribution >= 0.6 is 15.9 Å². The maximum atomic E-state index is 12.0. The average molecular weight is 468 g/mol. The number of benzene rings is 3. The van der Waals surface area contributed by atoms with Crippen molar-refractivity contribution in [1.29, 1.82) is 0 Å². The minimum absolute atomic E-state index is 0.103. The Morgan fingerprint density at radius 2 is 1.77 bits per heavy atom. The van der Waals surface area contributed by atoms with Crippen molar-refractivity contribution < 1.29 is 14.3 Å². The summed E-state index contributed by atoms with van der Waals surface area (Å²) in [6.07, 6.45) is 1.57. The number of carbonyl (C=O) groups is 1. The molecule has 3 aromatic rings. The van der Waals surface area contributed by atoms with E-state index < -0.39 is 0 Å². The van der Waals surface area contributed by atoms with Crippen molar-refractivity contribution in [1.82, 2.24) is 5.43 Å². The summed E-state index contributed by atoms with van der Waals surface area (Å²) in [6, 6.07) is 22.8. The number of hydrogen-bond donors (Lipinski definition) is 2. The Hall–Kier alpha value is -3.32. The highest BCUT2D eigenvalue weighted by Crippen LogP contribution is 2.18. The fraction of sp³-hybridized carbons (Fsp3) is 0.130. The molecule has 0 aliphatic rings.